The van der Waals surface area contributed by atoms with Crippen molar-refractivity contribution in [3.63, 3.8) is 0 Å². The Labute approximate surface area is 167 Å². The van der Waals surface area contributed by atoms with Crippen LogP contribution in [0.3, 0.4) is 0 Å². The molecule has 0 saturated heterocycles. The molecule has 4 rings (SSSR count). The van der Waals surface area contributed by atoms with E-state index in [9.17, 15) is 9.59 Å². The molecule has 2 amide bonds. The summed E-state index contributed by atoms with van der Waals surface area (Å²) in [5, 5.41) is 5.71. The first-order valence-corrected chi connectivity index (χ1v) is 9.10. The van der Waals surface area contributed by atoms with Gasteiger partial charge in [0.1, 0.15) is 5.82 Å². The first-order valence-electron chi connectivity index (χ1n) is 9.10. The summed E-state index contributed by atoms with van der Waals surface area (Å²) in [6, 6.07) is 16.4. The van der Waals surface area contributed by atoms with Gasteiger partial charge < -0.3 is 10.6 Å². The molecule has 4 aromatic rings. The van der Waals surface area contributed by atoms with Gasteiger partial charge in [0.15, 0.2) is 5.65 Å². The number of nitrogens with zero attached hydrogens (tertiary/aromatic N) is 3. The van der Waals surface area contributed by atoms with Gasteiger partial charge in [-0.25, -0.2) is 4.98 Å². The molecule has 29 heavy (non-hydrogen) atoms. The zero-order chi connectivity index (χ0) is 20.4. The van der Waals surface area contributed by atoms with Gasteiger partial charge in [0, 0.05) is 29.9 Å². The second-order valence-electron chi connectivity index (χ2n) is 6.63. The highest BCUT2D eigenvalue weighted by molar-refractivity contribution is 6.04. The minimum Gasteiger partial charge on any atom is -0.326 e. The fourth-order valence-electron chi connectivity index (χ4n) is 3.10. The molecule has 7 heteroatoms. The first kappa shape index (κ1) is 18.4. The number of carbonyl (C=O) groups is 2. The van der Waals surface area contributed by atoms with Gasteiger partial charge in [-0.2, -0.15) is 0 Å². The quantitative estimate of drug-likeness (QED) is 0.557. The average molecular weight is 385 g/mol. The lowest BCUT2D eigenvalue weighted by Gasteiger charge is -2.09. The number of nitrogens with one attached hydrogen (secondary N) is 2. The largest absolute Gasteiger partial charge is 0.326 e. The second-order valence-corrected chi connectivity index (χ2v) is 6.63. The highest BCUT2D eigenvalue weighted by atomic mass is 16.2. The Bertz CT molecular complexity index is 1210. The average Bonchev–Trinajstić information content (AvgIpc) is 3.03. The van der Waals surface area contributed by atoms with E-state index in [0.717, 1.165) is 5.56 Å². The van der Waals surface area contributed by atoms with Crippen LogP contribution in [-0.2, 0) is 4.79 Å². The molecule has 2 aromatic carbocycles. The maximum Gasteiger partial charge on any atom is 0.256 e. The maximum absolute atomic E-state index is 12.6. The van der Waals surface area contributed by atoms with E-state index < -0.39 is 0 Å². The van der Waals surface area contributed by atoms with Crippen LogP contribution in [0.4, 0.5) is 11.5 Å². The third-order valence-electron chi connectivity index (χ3n) is 4.43. The molecule has 7 nitrogen and oxygen atoms in total. The first-order chi connectivity index (χ1) is 14.0. The zero-order valence-corrected chi connectivity index (χ0v) is 16.0. The van der Waals surface area contributed by atoms with Crippen molar-refractivity contribution in [1.82, 2.24) is 14.4 Å². The molecular formula is C22H19N5O2. The molecule has 0 saturated carbocycles. The van der Waals surface area contributed by atoms with E-state index in [2.05, 4.69) is 20.6 Å². The van der Waals surface area contributed by atoms with Crippen molar-refractivity contribution in [1.29, 1.82) is 0 Å². The molecule has 0 radical (unpaired) electrons. The van der Waals surface area contributed by atoms with Gasteiger partial charge in [-0.15, -0.1) is 0 Å². The number of amides is 2. The lowest BCUT2D eigenvalue weighted by atomic mass is 10.1. The number of hydrogen-bond acceptors (Lipinski definition) is 4. The summed E-state index contributed by atoms with van der Waals surface area (Å²) >= 11 is 0. The molecule has 0 aliphatic rings. The van der Waals surface area contributed by atoms with Crippen molar-refractivity contribution in [2.24, 2.45) is 0 Å². The minimum absolute atomic E-state index is 0.137. The summed E-state index contributed by atoms with van der Waals surface area (Å²) in [7, 11) is 0. The predicted octanol–water partition coefficient (Wildman–Crippen LogP) is 3.92. The molecule has 0 unspecified atom stereocenters. The van der Waals surface area contributed by atoms with Crippen LogP contribution in [0.1, 0.15) is 23.0 Å². The Hall–Kier alpha value is -4.00. The van der Waals surface area contributed by atoms with Crippen molar-refractivity contribution in [3.05, 3.63) is 78.2 Å². The number of imidazole rings is 1. The van der Waals surface area contributed by atoms with E-state index in [1.807, 2.05) is 60.0 Å². The Morgan fingerprint density at radius 3 is 2.55 bits per heavy atom. The van der Waals surface area contributed by atoms with Crippen LogP contribution in [0.25, 0.3) is 16.9 Å². The molecule has 0 spiro atoms. The number of rotatable bonds is 4. The van der Waals surface area contributed by atoms with Crippen LogP contribution in [0, 0.1) is 6.92 Å². The van der Waals surface area contributed by atoms with Crippen molar-refractivity contribution in [2.45, 2.75) is 13.8 Å². The Morgan fingerprint density at radius 1 is 1.00 bits per heavy atom. The van der Waals surface area contributed by atoms with Gasteiger partial charge in [0.25, 0.3) is 5.91 Å². The van der Waals surface area contributed by atoms with E-state index >= 15 is 0 Å². The molecule has 144 valence electrons. The predicted molar refractivity (Wildman–Crippen MR) is 112 cm³/mol. The Kier molecular flexibility index (Phi) is 4.78. The summed E-state index contributed by atoms with van der Waals surface area (Å²) in [4.78, 5) is 32.9. The van der Waals surface area contributed by atoms with Crippen LogP contribution in [0.5, 0.6) is 0 Å². The van der Waals surface area contributed by atoms with Crippen molar-refractivity contribution in [2.75, 3.05) is 10.6 Å². The zero-order valence-electron chi connectivity index (χ0n) is 16.0. The van der Waals surface area contributed by atoms with Crippen LogP contribution >= 0.6 is 0 Å². The summed E-state index contributed by atoms with van der Waals surface area (Å²) in [6.07, 6.45) is 3.48. The lowest BCUT2D eigenvalue weighted by molar-refractivity contribution is -0.114. The molecule has 2 aromatic heterocycles. The normalized spacial score (nSPS) is 10.7. The molecular weight excluding hydrogens is 366 g/mol. The summed E-state index contributed by atoms with van der Waals surface area (Å²) in [5.41, 5.74) is 4.12. The monoisotopic (exact) mass is 385 g/mol. The van der Waals surface area contributed by atoms with Crippen LogP contribution < -0.4 is 10.6 Å². The molecule has 2 heterocycles. The van der Waals surface area contributed by atoms with E-state index in [1.54, 1.807) is 18.3 Å². The number of hydrogen-bond donors (Lipinski definition) is 2. The molecule has 2 N–H and O–H groups in total. The van der Waals surface area contributed by atoms with Crippen LogP contribution in [0.2, 0.25) is 0 Å². The summed E-state index contributed by atoms with van der Waals surface area (Å²) < 4.78 is 1.81. The molecule has 0 aliphatic carbocycles. The maximum atomic E-state index is 12.6. The van der Waals surface area contributed by atoms with Gasteiger partial charge in [-0.1, -0.05) is 30.3 Å². The number of fused-ring (bicyclic) bond motifs is 1. The van der Waals surface area contributed by atoms with Gasteiger partial charge >= 0.3 is 0 Å². The number of benzene rings is 2. The summed E-state index contributed by atoms with van der Waals surface area (Å²) in [6.45, 7) is 3.30. The smallest absolute Gasteiger partial charge is 0.256 e. The highest BCUT2D eigenvalue weighted by Gasteiger charge is 2.14. The fourth-order valence-corrected chi connectivity index (χ4v) is 3.10. The standard InChI is InChI=1S/C22H19N5O2/c1-14-21(26-22(29)16-7-4-3-5-8-16)27-13-19(23-12-20(27)24-14)17-9-6-10-18(11-17)25-15(2)28/h3-13H,1-2H3,(H,25,28)(H,26,29). The van der Waals surface area contributed by atoms with E-state index in [1.165, 1.54) is 6.92 Å². The lowest BCUT2D eigenvalue weighted by Crippen LogP contribution is -2.14. The Balaban J connectivity index is 1.72. The molecule has 0 bridgehead atoms. The minimum atomic E-state index is -0.207. The molecule has 0 atom stereocenters. The van der Waals surface area contributed by atoms with E-state index in [4.69, 9.17) is 0 Å². The van der Waals surface area contributed by atoms with Crippen molar-refractivity contribution >= 4 is 29.0 Å². The van der Waals surface area contributed by atoms with Crippen molar-refractivity contribution in [3.8, 4) is 11.3 Å². The number of carbonyl (C=O) groups excluding carboxylic acids is 2. The van der Waals surface area contributed by atoms with Gasteiger partial charge in [0.2, 0.25) is 5.91 Å². The number of aromatic nitrogens is 3. The van der Waals surface area contributed by atoms with E-state index in [0.29, 0.717) is 34.1 Å². The number of anilines is 2. The van der Waals surface area contributed by atoms with Gasteiger partial charge in [-0.3, -0.25) is 19.0 Å². The summed E-state index contributed by atoms with van der Waals surface area (Å²) in [5.74, 6) is 0.249. The van der Waals surface area contributed by atoms with Crippen molar-refractivity contribution < 1.29 is 9.59 Å². The molecule has 0 fully saturated rings. The topological polar surface area (TPSA) is 88.4 Å². The van der Waals surface area contributed by atoms with Gasteiger partial charge in [0.05, 0.1) is 17.6 Å². The fraction of sp³-hybridized carbons (Fsp3) is 0.0909. The SMILES string of the molecule is CC(=O)Nc1cccc(-c2cn3c(NC(=O)c4ccccc4)c(C)nc3cn2)c1. The highest BCUT2D eigenvalue weighted by Crippen LogP contribution is 2.24. The third-order valence-corrected chi connectivity index (χ3v) is 4.43. The number of aryl methyl sites for hydroxylation is 1. The van der Waals surface area contributed by atoms with Crippen LogP contribution in [-0.4, -0.2) is 26.2 Å². The second kappa shape index (κ2) is 7.55. The Morgan fingerprint density at radius 2 is 1.79 bits per heavy atom. The van der Waals surface area contributed by atoms with E-state index in [-0.39, 0.29) is 11.8 Å². The van der Waals surface area contributed by atoms with Gasteiger partial charge in [-0.05, 0) is 31.2 Å². The third kappa shape index (κ3) is 3.84. The molecule has 0 aliphatic heterocycles. The van der Waals surface area contributed by atoms with Crippen LogP contribution in [0.15, 0.2) is 67.0 Å².